The van der Waals surface area contributed by atoms with E-state index in [1.165, 1.54) is 5.69 Å². The predicted molar refractivity (Wildman–Crippen MR) is 95.6 cm³/mol. The molecule has 0 aliphatic carbocycles. The lowest BCUT2D eigenvalue weighted by atomic mass is 10.2. The molecule has 6 nitrogen and oxygen atoms in total. The quantitative estimate of drug-likeness (QED) is 0.738. The van der Waals surface area contributed by atoms with Gasteiger partial charge in [-0.3, -0.25) is 0 Å². The van der Waals surface area contributed by atoms with E-state index in [0.29, 0.717) is 5.78 Å². The second kappa shape index (κ2) is 6.47. The lowest BCUT2D eigenvalue weighted by Crippen LogP contribution is -2.47. The van der Waals surface area contributed by atoms with Crippen LogP contribution in [0.4, 0.5) is 11.5 Å². The first-order valence-electron chi connectivity index (χ1n) is 8.60. The summed E-state index contributed by atoms with van der Waals surface area (Å²) in [5, 5.41) is 4.36. The fourth-order valence-corrected chi connectivity index (χ4v) is 3.29. The molecule has 0 amide bonds. The second-order valence-electron chi connectivity index (χ2n) is 6.14. The minimum Gasteiger partial charge on any atom is -0.368 e. The zero-order valence-corrected chi connectivity index (χ0v) is 14.0. The maximum atomic E-state index is 4.60. The number of benzene rings is 1. The Morgan fingerprint density at radius 2 is 1.75 bits per heavy atom. The van der Waals surface area contributed by atoms with Crippen LogP contribution in [0, 0.1) is 0 Å². The Labute approximate surface area is 141 Å². The van der Waals surface area contributed by atoms with Crippen molar-refractivity contribution in [2.45, 2.75) is 19.8 Å². The first-order valence-corrected chi connectivity index (χ1v) is 8.60. The van der Waals surface area contributed by atoms with Crippen LogP contribution in [0.1, 0.15) is 19.0 Å². The van der Waals surface area contributed by atoms with Gasteiger partial charge in [-0.1, -0.05) is 31.5 Å². The number of anilines is 2. The molecule has 0 saturated carbocycles. The van der Waals surface area contributed by atoms with Crippen LogP contribution in [0.3, 0.4) is 0 Å². The highest BCUT2D eigenvalue weighted by Gasteiger charge is 2.20. The van der Waals surface area contributed by atoms with E-state index >= 15 is 0 Å². The van der Waals surface area contributed by atoms with Gasteiger partial charge in [0.2, 0.25) is 0 Å². The molecule has 3 aromatic rings. The van der Waals surface area contributed by atoms with Crippen molar-refractivity contribution < 1.29 is 0 Å². The molecular formula is C18H22N6. The summed E-state index contributed by atoms with van der Waals surface area (Å²) in [6.07, 6.45) is 3.64. The number of nitrogens with zero attached hydrogens (tertiary/aromatic N) is 6. The molecule has 1 aliphatic heterocycles. The summed E-state index contributed by atoms with van der Waals surface area (Å²) in [6, 6.07) is 12.8. The fraction of sp³-hybridized carbons (Fsp3) is 0.389. The standard InChI is InChI=1S/C18H22N6/c1-2-6-15-13-17(24-18(21-15)19-14-20-24)23-11-9-22(10-12-23)16-7-4-3-5-8-16/h3-5,7-8,13-14H,2,6,9-12H2,1H3. The molecule has 0 unspecified atom stereocenters. The topological polar surface area (TPSA) is 49.6 Å². The van der Waals surface area contributed by atoms with Crippen molar-refractivity contribution in [2.24, 2.45) is 0 Å². The van der Waals surface area contributed by atoms with Gasteiger partial charge >= 0.3 is 0 Å². The van der Waals surface area contributed by atoms with Crippen molar-refractivity contribution in [3.63, 3.8) is 0 Å². The number of fused-ring (bicyclic) bond motifs is 1. The van der Waals surface area contributed by atoms with Crippen LogP contribution >= 0.6 is 0 Å². The summed E-state index contributed by atoms with van der Waals surface area (Å²) in [5.74, 6) is 1.80. The number of aryl methyl sites for hydroxylation is 1. The molecule has 24 heavy (non-hydrogen) atoms. The molecule has 0 radical (unpaired) electrons. The van der Waals surface area contributed by atoms with Crippen LogP contribution < -0.4 is 9.80 Å². The summed E-state index contributed by atoms with van der Waals surface area (Å²) in [6.45, 7) is 6.13. The largest absolute Gasteiger partial charge is 0.368 e. The predicted octanol–water partition coefficient (Wildman–Crippen LogP) is 2.40. The minimum atomic E-state index is 0.696. The molecule has 1 aromatic carbocycles. The highest BCUT2D eigenvalue weighted by atomic mass is 15.4. The molecule has 2 aromatic heterocycles. The van der Waals surface area contributed by atoms with E-state index < -0.39 is 0 Å². The zero-order chi connectivity index (χ0) is 16.4. The van der Waals surface area contributed by atoms with E-state index in [4.69, 9.17) is 0 Å². The summed E-state index contributed by atoms with van der Waals surface area (Å²) in [7, 11) is 0. The van der Waals surface area contributed by atoms with E-state index in [1.807, 2.05) is 4.52 Å². The monoisotopic (exact) mass is 322 g/mol. The van der Waals surface area contributed by atoms with E-state index in [9.17, 15) is 0 Å². The molecule has 0 bridgehead atoms. The van der Waals surface area contributed by atoms with Gasteiger partial charge in [-0.25, -0.2) is 4.98 Å². The Morgan fingerprint density at radius 3 is 2.50 bits per heavy atom. The summed E-state index contributed by atoms with van der Waals surface area (Å²) in [4.78, 5) is 13.7. The van der Waals surface area contributed by atoms with Crippen LogP contribution in [-0.4, -0.2) is 45.8 Å². The van der Waals surface area contributed by atoms with Crippen LogP contribution in [-0.2, 0) is 6.42 Å². The molecule has 3 heterocycles. The van der Waals surface area contributed by atoms with Gasteiger partial charge in [0.05, 0.1) is 0 Å². The van der Waals surface area contributed by atoms with E-state index in [2.05, 4.69) is 68.2 Å². The van der Waals surface area contributed by atoms with Gasteiger partial charge in [-0.2, -0.15) is 14.6 Å². The second-order valence-corrected chi connectivity index (χ2v) is 6.14. The number of rotatable bonds is 4. The number of piperazine rings is 1. The first kappa shape index (κ1) is 14.9. The molecular weight excluding hydrogens is 300 g/mol. The average molecular weight is 322 g/mol. The van der Waals surface area contributed by atoms with Gasteiger partial charge in [0.1, 0.15) is 12.1 Å². The summed E-state index contributed by atoms with van der Waals surface area (Å²) >= 11 is 0. The molecule has 1 saturated heterocycles. The minimum absolute atomic E-state index is 0.696. The van der Waals surface area contributed by atoms with Gasteiger partial charge in [0, 0.05) is 43.6 Å². The van der Waals surface area contributed by atoms with Gasteiger partial charge in [0.25, 0.3) is 5.78 Å². The van der Waals surface area contributed by atoms with Crippen LogP contribution in [0.25, 0.3) is 5.78 Å². The number of hydrogen-bond donors (Lipinski definition) is 0. The van der Waals surface area contributed by atoms with Crippen molar-refractivity contribution in [1.82, 2.24) is 19.6 Å². The molecule has 6 heteroatoms. The van der Waals surface area contributed by atoms with Crippen LogP contribution in [0.15, 0.2) is 42.7 Å². The molecule has 1 fully saturated rings. The number of para-hydroxylation sites is 1. The third-order valence-electron chi connectivity index (χ3n) is 4.52. The SMILES string of the molecule is CCCc1cc(N2CCN(c3ccccc3)CC2)n2ncnc2n1. The maximum absolute atomic E-state index is 4.60. The number of aromatic nitrogens is 4. The molecule has 4 rings (SSSR count). The smallest absolute Gasteiger partial charge is 0.254 e. The van der Waals surface area contributed by atoms with E-state index in [1.54, 1.807) is 6.33 Å². The highest BCUT2D eigenvalue weighted by Crippen LogP contribution is 2.21. The first-order chi connectivity index (χ1) is 11.8. The third kappa shape index (κ3) is 2.79. The molecule has 1 aliphatic rings. The Kier molecular flexibility index (Phi) is 4.02. The number of hydrogen-bond acceptors (Lipinski definition) is 5. The van der Waals surface area contributed by atoms with Gasteiger partial charge in [-0.15, -0.1) is 0 Å². The van der Waals surface area contributed by atoms with Gasteiger partial charge < -0.3 is 9.80 Å². The van der Waals surface area contributed by atoms with Crippen molar-refractivity contribution in [3.8, 4) is 0 Å². The fourth-order valence-electron chi connectivity index (χ4n) is 3.29. The zero-order valence-electron chi connectivity index (χ0n) is 14.0. The van der Waals surface area contributed by atoms with Crippen molar-refractivity contribution >= 4 is 17.3 Å². The van der Waals surface area contributed by atoms with E-state index in [0.717, 1.165) is 50.5 Å². The normalized spacial score (nSPS) is 15.2. The van der Waals surface area contributed by atoms with Crippen molar-refractivity contribution in [2.75, 3.05) is 36.0 Å². The van der Waals surface area contributed by atoms with Gasteiger partial charge in [0.15, 0.2) is 0 Å². The van der Waals surface area contributed by atoms with E-state index in [-0.39, 0.29) is 0 Å². The Bertz CT molecular complexity index is 805. The molecule has 0 spiro atoms. The lowest BCUT2D eigenvalue weighted by Gasteiger charge is -2.37. The van der Waals surface area contributed by atoms with Gasteiger partial charge in [-0.05, 0) is 18.6 Å². The molecule has 124 valence electrons. The summed E-state index contributed by atoms with van der Waals surface area (Å²) in [5.41, 5.74) is 2.39. The van der Waals surface area contributed by atoms with Crippen molar-refractivity contribution in [3.05, 3.63) is 48.4 Å². The van der Waals surface area contributed by atoms with Crippen molar-refractivity contribution in [1.29, 1.82) is 0 Å². The Hall–Kier alpha value is -2.63. The summed E-state index contributed by atoms with van der Waals surface area (Å²) < 4.78 is 1.86. The maximum Gasteiger partial charge on any atom is 0.254 e. The lowest BCUT2D eigenvalue weighted by molar-refractivity contribution is 0.637. The highest BCUT2D eigenvalue weighted by molar-refractivity contribution is 5.51. The van der Waals surface area contributed by atoms with Crippen LogP contribution in [0.2, 0.25) is 0 Å². The molecule has 0 atom stereocenters. The third-order valence-corrected chi connectivity index (χ3v) is 4.52. The average Bonchev–Trinajstić information content (AvgIpc) is 3.11. The molecule has 0 N–H and O–H groups in total. The van der Waals surface area contributed by atoms with Crippen LogP contribution in [0.5, 0.6) is 0 Å². The Morgan fingerprint density at radius 1 is 1.00 bits per heavy atom. The Balaban J connectivity index is 1.57.